The monoisotopic (exact) mass is 247 g/mol. The number of thioether (sulfide) groups is 1. The van der Waals surface area contributed by atoms with E-state index in [0.717, 1.165) is 12.8 Å². The minimum Gasteiger partial charge on any atom is -0.480 e. The standard InChI is InChI=1S/C10H21N3O2S/c1-7(2)16-10(12)13-6-4-3-5-8(11)9(14)15/h7-8H,3-6,11H2,1-2H3,(H2,12,13)(H,14,15)/t8-/m1/s1. The average molecular weight is 247 g/mol. The lowest BCUT2D eigenvalue weighted by Crippen LogP contribution is -2.29. The van der Waals surface area contributed by atoms with Gasteiger partial charge in [-0.2, -0.15) is 0 Å². The summed E-state index contributed by atoms with van der Waals surface area (Å²) in [6.45, 7) is 4.75. The molecule has 0 aromatic heterocycles. The molecule has 6 heteroatoms. The van der Waals surface area contributed by atoms with Crippen molar-refractivity contribution in [1.29, 1.82) is 0 Å². The van der Waals surface area contributed by atoms with Gasteiger partial charge in [0.05, 0.1) is 0 Å². The molecule has 0 rings (SSSR count). The lowest BCUT2D eigenvalue weighted by Gasteiger charge is -2.05. The molecule has 0 bridgehead atoms. The van der Waals surface area contributed by atoms with Gasteiger partial charge in [-0.1, -0.05) is 25.6 Å². The summed E-state index contributed by atoms with van der Waals surface area (Å²) in [6, 6.07) is -0.758. The maximum Gasteiger partial charge on any atom is 0.320 e. The Morgan fingerprint density at radius 3 is 2.56 bits per heavy atom. The highest BCUT2D eigenvalue weighted by atomic mass is 32.2. The average Bonchev–Trinajstić information content (AvgIpc) is 2.15. The first kappa shape index (κ1) is 15.2. The quantitative estimate of drug-likeness (QED) is 0.354. The molecule has 5 nitrogen and oxygen atoms in total. The predicted octanol–water partition coefficient (Wildman–Crippen LogP) is 1.02. The van der Waals surface area contributed by atoms with E-state index in [0.29, 0.717) is 23.4 Å². The van der Waals surface area contributed by atoms with Crippen molar-refractivity contribution in [2.24, 2.45) is 16.5 Å². The first-order chi connectivity index (χ1) is 7.43. The molecule has 0 amide bonds. The van der Waals surface area contributed by atoms with Crippen LogP contribution in [-0.2, 0) is 4.79 Å². The smallest absolute Gasteiger partial charge is 0.320 e. The van der Waals surface area contributed by atoms with Crippen LogP contribution >= 0.6 is 11.8 Å². The van der Waals surface area contributed by atoms with Crippen LogP contribution in [0.15, 0.2) is 4.99 Å². The summed E-state index contributed by atoms with van der Waals surface area (Å²) < 4.78 is 0. The second-order valence-electron chi connectivity index (χ2n) is 3.83. The van der Waals surface area contributed by atoms with Gasteiger partial charge in [-0.15, -0.1) is 0 Å². The zero-order valence-corrected chi connectivity index (χ0v) is 10.7. The number of carboxylic acids is 1. The molecule has 0 aromatic rings. The molecule has 0 saturated heterocycles. The van der Waals surface area contributed by atoms with Gasteiger partial charge in [0.2, 0.25) is 0 Å². The first-order valence-corrected chi connectivity index (χ1v) is 6.26. The van der Waals surface area contributed by atoms with Crippen molar-refractivity contribution in [3.63, 3.8) is 0 Å². The Balaban J connectivity index is 3.56. The zero-order chi connectivity index (χ0) is 12.6. The maximum atomic E-state index is 10.4. The van der Waals surface area contributed by atoms with E-state index in [9.17, 15) is 4.79 Å². The molecule has 0 saturated carbocycles. The molecule has 0 radical (unpaired) electrons. The molecular formula is C10H21N3O2S. The fourth-order valence-electron chi connectivity index (χ4n) is 1.07. The number of aliphatic carboxylic acids is 1. The van der Waals surface area contributed by atoms with Gasteiger partial charge < -0.3 is 16.6 Å². The van der Waals surface area contributed by atoms with Gasteiger partial charge in [-0.3, -0.25) is 9.79 Å². The molecule has 0 fully saturated rings. The Morgan fingerprint density at radius 1 is 1.44 bits per heavy atom. The molecule has 0 unspecified atom stereocenters. The van der Waals surface area contributed by atoms with Crippen molar-refractivity contribution in [3.05, 3.63) is 0 Å². The molecule has 0 heterocycles. The van der Waals surface area contributed by atoms with E-state index in [1.54, 1.807) is 0 Å². The van der Waals surface area contributed by atoms with Crippen molar-refractivity contribution in [3.8, 4) is 0 Å². The third-order valence-corrected chi connectivity index (χ3v) is 2.71. The van der Waals surface area contributed by atoms with Gasteiger partial charge in [-0.25, -0.2) is 0 Å². The third kappa shape index (κ3) is 8.55. The van der Waals surface area contributed by atoms with Crippen molar-refractivity contribution < 1.29 is 9.90 Å². The number of nitrogens with two attached hydrogens (primary N) is 2. The molecule has 5 N–H and O–H groups in total. The van der Waals surface area contributed by atoms with Gasteiger partial charge in [0.25, 0.3) is 0 Å². The summed E-state index contributed by atoms with van der Waals surface area (Å²) in [6.07, 6.45) is 2.07. The SMILES string of the molecule is CC(C)SC(N)=NCCCC[C@@H](N)C(=O)O. The molecule has 1 atom stereocenters. The predicted molar refractivity (Wildman–Crippen MR) is 68.7 cm³/mol. The van der Waals surface area contributed by atoms with E-state index in [2.05, 4.69) is 18.8 Å². The van der Waals surface area contributed by atoms with Gasteiger partial charge in [0.1, 0.15) is 6.04 Å². The van der Waals surface area contributed by atoms with Crippen molar-refractivity contribution in [1.82, 2.24) is 0 Å². The molecule has 0 aliphatic heterocycles. The number of unbranched alkanes of at least 4 members (excludes halogenated alkanes) is 1. The number of hydrogen-bond donors (Lipinski definition) is 3. The number of hydrogen-bond acceptors (Lipinski definition) is 4. The number of nitrogens with zero attached hydrogens (tertiary/aromatic N) is 1. The summed E-state index contributed by atoms with van der Waals surface area (Å²) in [4.78, 5) is 14.6. The lowest BCUT2D eigenvalue weighted by atomic mass is 10.1. The van der Waals surface area contributed by atoms with E-state index in [1.807, 2.05) is 0 Å². The second-order valence-corrected chi connectivity index (χ2v) is 5.42. The molecule has 16 heavy (non-hydrogen) atoms. The first-order valence-electron chi connectivity index (χ1n) is 5.38. The van der Waals surface area contributed by atoms with E-state index in [1.165, 1.54) is 11.8 Å². The van der Waals surface area contributed by atoms with Crippen LogP contribution in [0.3, 0.4) is 0 Å². The molecule has 0 aliphatic carbocycles. The van der Waals surface area contributed by atoms with Crippen molar-refractivity contribution in [2.75, 3.05) is 6.54 Å². The minimum atomic E-state index is -0.946. The van der Waals surface area contributed by atoms with Gasteiger partial charge >= 0.3 is 5.97 Å². The van der Waals surface area contributed by atoms with E-state index < -0.39 is 12.0 Å². The Kier molecular flexibility index (Phi) is 8.01. The van der Waals surface area contributed by atoms with Gasteiger partial charge in [0.15, 0.2) is 5.17 Å². The topological polar surface area (TPSA) is 102 Å². The lowest BCUT2D eigenvalue weighted by molar-refractivity contribution is -0.138. The van der Waals surface area contributed by atoms with Crippen LogP contribution in [0.1, 0.15) is 33.1 Å². The maximum absolute atomic E-state index is 10.4. The highest BCUT2D eigenvalue weighted by molar-refractivity contribution is 8.14. The number of amidine groups is 1. The van der Waals surface area contributed by atoms with Crippen molar-refractivity contribution in [2.45, 2.75) is 44.4 Å². The molecule has 0 spiro atoms. The summed E-state index contributed by atoms with van der Waals surface area (Å²) in [7, 11) is 0. The van der Waals surface area contributed by atoms with Crippen molar-refractivity contribution >= 4 is 22.9 Å². The summed E-state index contributed by atoms with van der Waals surface area (Å²) in [5.74, 6) is -0.946. The van der Waals surface area contributed by atoms with Gasteiger partial charge in [0, 0.05) is 11.8 Å². The third-order valence-electron chi connectivity index (χ3n) is 1.86. The van der Waals surface area contributed by atoms with Gasteiger partial charge in [-0.05, 0) is 19.3 Å². The number of rotatable bonds is 7. The van der Waals surface area contributed by atoms with Crippen LogP contribution in [-0.4, -0.2) is 34.1 Å². The molecule has 94 valence electrons. The highest BCUT2D eigenvalue weighted by Crippen LogP contribution is 2.08. The Labute approximate surface area is 101 Å². The highest BCUT2D eigenvalue weighted by Gasteiger charge is 2.09. The normalized spacial score (nSPS) is 14.1. The van der Waals surface area contributed by atoms with Crippen LogP contribution in [0.2, 0.25) is 0 Å². The van der Waals surface area contributed by atoms with Crippen LogP contribution in [0.4, 0.5) is 0 Å². The minimum absolute atomic E-state index is 0.434. The van der Waals surface area contributed by atoms with E-state index >= 15 is 0 Å². The Hall–Kier alpha value is -0.750. The van der Waals surface area contributed by atoms with E-state index in [4.69, 9.17) is 16.6 Å². The van der Waals surface area contributed by atoms with Crippen LogP contribution in [0.5, 0.6) is 0 Å². The van der Waals surface area contributed by atoms with Crippen LogP contribution in [0.25, 0.3) is 0 Å². The summed E-state index contributed by atoms with van der Waals surface area (Å²) in [5.41, 5.74) is 11.0. The summed E-state index contributed by atoms with van der Waals surface area (Å²) in [5, 5.41) is 9.58. The fraction of sp³-hybridized carbons (Fsp3) is 0.800. The molecule has 0 aliphatic rings. The van der Waals surface area contributed by atoms with Crippen LogP contribution in [0, 0.1) is 0 Å². The summed E-state index contributed by atoms with van der Waals surface area (Å²) >= 11 is 1.53. The number of carboxylic acid groups (broad SMARTS) is 1. The Bertz CT molecular complexity index is 244. The van der Waals surface area contributed by atoms with E-state index in [-0.39, 0.29) is 0 Å². The Morgan fingerprint density at radius 2 is 2.06 bits per heavy atom. The molecular weight excluding hydrogens is 226 g/mol. The largest absolute Gasteiger partial charge is 0.480 e. The fourth-order valence-corrected chi connectivity index (χ4v) is 1.72. The number of aliphatic imine (C=N–C) groups is 1. The molecule has 0 aromatic carbocycles. The second kappa shape index (κ2) is 8.41. The van der Waals surface area contributed by atoms with Crippen LogP contribution < -0.4 is 11.5 Å². The zero-order valence-electron chi connectivity index (χ0n) is 9.85. The number of carbonyl (C=O) groups is 1.